The van der Waals surface area contributed by atoms with Crippen molar-refractivity contribution in [2.24, 2.45) is 5.73 Å². The maximum atomic E-state index is 11.5. The van der Waals surface area contributed by atoms with Crippen molar-refractivity contribution in [3.8, 4) is 0 Å². The lowest BCUT2D eigenvalue weighted by Crippen LogP contribution is -2.09. The average Bonchev–Trinajstić information content (AvgIpc) is 2.28. The minimum atomic E-state index is -3.09. The highest BCUT2D eigenvalue weighted by atomic mass is 32.2. The van der Waals surface area contributed by atoms with Crippen LogP contribution < -0.4 is 5.73 Å². The van der Waals surface area contributed by atoms with Gasteiger partial charge in [-0.1, -0.05) is 26.0 Å². The van der Waals surface area contributed by atoms with Crippen molar-refractivity contribution in [1.29, 1.82) is 0 Å². The normalized spacial score (nSPS) is 13.8. The third-order valence-corrected chi connectivity index (χ3v) is 4.24. The van der Waals surface area contributed by atoms with Crippen LogP contribution in [0, 0.1) is 0 Å². The van der Waals surface area contributed by atoms with Gasteiger partial charge in [0.1, 0.15) is 0 Å². The summed E-state index contributed by atoms with van der Waals surface area (Å²) in [6.45, 7) is 3.64. The van der Waals surface area contributed by atoms with Gasteiger partial charge in [-0.15, -0.1) is 0 Å². The molecule has 2 N–H and O–H groups in total. The van der Waals surface area contributed by atoms with Crippen molar-refractivity contribution < 1.29 is 8.42 Å². The van der Waals surface area contributed by atoms with E-state index in [1.165, 1.54) is 0 Å². The number of nitrogens with two attached hydrogens (primary N) is 1. The summed E-state index contributed by atoms with van der Waals surface area (Å²) >= 11 is 0. The van der Waals surface area contributed by atoms with E-state index in [1.807, 2.05) is 6.92 Å². The largest absolute Gasteiger partial charge is 0.324 e. The van der Waals surface area contributed by atoms with Crippen molar-refractivity contribution in [3.05, 3.63) is 29.8 Å². The lowest BCUT2D eigenvalue weighted by molar-refractivity contribution is 0.597. The third-order valence-electron chi connectivity index (χ3n) is 2.49. The molecule has 0 aliphatic heterocycles. The first kappa shape index (κ1) is 12.2. The van der Waals surface area contributed by atoms with Crippen LogP contribution in [0.1, 0.15) is 31.9 Å². The number of sulfone groups is 1. The quantitative estimate of drug-likeness (QED) is 0.854. The van der Waals surface area contributed by atoms with Crippen LogP contribution in [-0.2, 0) is 9.84 Å². The zero-order valence-corrected chi connectivity index (χ0v) is 9.92. The predicted molar refractivity (Wildman–Crippen MR) is 61.4 cm³/mol. The first-order chi connectivity index (χ1) is 7.01. The SMILES string of the molecule is CC[C@H](N)c1ccc(S(=O)(=O)CC)cc1. The summed E-state index contributed by atoms with van der Waals surface area (Å²) in [6.07, 6.45) is 0.847. The number of rotatable bonds is 4. The molecule has 1 atom stereocenters. The van der Waals surface area contributed by atoms with Crippen molar-refractivity contribution in [1.82, 2.24) is 0 Å². The summed E-state index contributed by atoms with van der Waals surface area (Å²) in [5.41, 5.74) is 6.82. The van der Waals surface area contributed by atoms with Crippen LogP contribution in [-0.4, -0.2) is 14.2 Å². The molecular formula is C11H17NO2S. The van der Waals surface area contributed by atoms with Crippen molar-refractivity contribution in [3.63, 3.8) is 0 Å². The molecule has 1 aromatic carbocycles. The highest BCUT2D eigenvalue weighted by molar-refractivity contribution is 7.91. The summed E-state index contributed by atoms with van der Waals surface area (Å²) in [5, 5.41) is 0. The molecule has 0 radical (unpaired) electrons. The Labute approximate surface area is 91.2 Å². The van der Waals surface area contributed by atoms with Crippen molar-refractivity contribution >= 4 is 9.84 Å². The molecule has 0 heterocycles. The molecule has 0 unspecified atom stereocenters. The zero-order chi connectivity index (χ0) is 11.5. The fraction of sp³-hybridized carbons (Fsp3) is 0.455. The Hall–Kier alpha value is -0.870. The molecule has 0 saturated heterocycles. The lowest BCUT2D eigenvalue weighted by Gasteiger charge is -2.09. The topological polar surface area (TPSA) is 60.2 Å². The van der Waals surface area contributed by atoms with E-state index >= 15 is 0 Å². The number of hydrogen-bond acceptors (Lipinski definition) is 3. The molecule has 84 valence electrons. The van der Waals surface area contributed by atoms with Gasteiger partial charge in [-0.05, 0) is 24.1 Å². The summed E-state index contributed by atoms with van der Waals surface area (Å²) < 4.78 is 23.0. The average molecular weight is 227 g/mol. The van der Waals surface area contributed by atoms with Gasteiger partial charge in [0.25, 0.3) is 0 Å². The standard InChI is InChI=1S/C11H17NO2S/c1-3-11(12)9-5-7-10(8-6-9)15(13,14)4-2/h5-8,11H,3-4,12H2,1-2H3/t11-/m0/s1. The van der Waals surface area contributed by atoms with E-state index in [1.54, 1.807) is 31.2 Å². The molecule has 1 aromatic rings. The van der Waals surface area contributed by atoms with E-state index in [2.05, 4.69) is 0 Å². The van der Waals surface area contributed by atoms with Crippen molar-refractivity contribution in [2.45, 2.75) is 31.2 Å². The number of benzene rings is 1. The summed E-state index contributed by atoms with van der Waals surface area (Å²) in [5.74, 6) is 0.131. The van der Waals surface area contributed by atoms with Gasteiger partial charge in [0.15, 0.2) is 9.84 Å². The van der Waals surface area contributed by atoms with Crippen molar-refractivity contribution in [2.75, 3.05) is 5.75 Å². The van der Waals surface area contributed by atoms with Gasteiger partial charge in [0, 0.05) is 6.04 Å². The second-order valence-corrected chi connectivity index (χ2v) is 5.77. The molecule has 4 heteroatoms. The second-order valence-electron chi connectivity index (χ2n) is 3.49. The maximum Gasteiger partial charge on any atom is 0.178 e. The highest BCUT2D eigenvalue weighted by Gasteiger charge is 2.11. The lowest BCUT2D eigenvalue weighted by atomic mass is 10.1. The minimum Gasteiger partial charge on any atom is -0.324 e. The molecule has 0 amide bonds. The molecule has 0 aliphatic carbocycles. The van der Waals surface area contributed by atoms with E-state index < -0.39 is 9.84 Å². The maximum absolute atomic E-state index is 11.5. The van der Waals surface area contributed by atoms with E-state index in [0.29, 0.717) is 4.90 Å². The van der Waals surface area contributed by atoms with E-state index in [4.69, 9.17) is 5.73 Å². The van der Waals surface area contributed by atoms with Gasteiger partial charge >= 0.3 is 0 Å². The van der Waals surface area contributed by atoms with Crippen LogP contribution in [0.25, 0.3) is 0 Å². The Kier molecular flexibility index (Phi) is 3.88. The summed E-state index contributed by atoms with van der Waals surface area (Å²) in [6, 6.07) is 6.82. The van der Waals surface area contributed by atoms with Gasteiger partial charge in [0.05, 0.1) is 10.6 Å². The molecule has 3 nitrogen and oxygen atoms in total. The Balaban J connectivity index is 3.00. The minimum absolute atomic E-state index is 0.0108. The second kappa shape index (κ2) is 4.77. The van der Waals surface area contributed by atoms with Crippen LogP contribution in [0.3, 0.4) is 0 Å². The molecule has 0 fully saturated rings. The van der Waals surface area contributed by atoms with Gasteiger partial charge in [-0.25, -0.2) is 8.42 Å². The first-order valence-electron chi connectivity index (χ1n) is 5.09. The van der Waals surface area contributed by atoms with Crippen LogP contribution in [0.5, 0.6) is 0 Å². The third kappa shape index (κ3) is 2.79. The van der Waals surface area contributed by atoms with Crippen LogP contribution in [0.2, 0.25) is 0 Å². The van der Waals surface area contributed by atoms with E-state index in [-0.39, 0.29) is 11.8 Å². The zero-order valence-electron chi connectivity index (χ0n) is 9.10. The summed E-state index contributed by atoms with van der Waals surface area (Å²) in [4.78, 5) is 0.372. The molecule has 0 spiro atoms. The first-order valence-corrected chi connectivity index (χ1v) is 6.74. The highest BCUT2D eigenvalue weighted by Crippen LogP contribution is 2.17. The van der Waals surface area contributed by atoms with E-state index in [9.17, 15) is 8.42 Å². The smallest absolute Gasteiger partial charge is 0.178 e. The monoisotopic (exact) mass is 227 g/mol. The fourth-order valence-electron chi connectivity index (χ4n) is 1.32. The molecule has 0 saturated carbocycles. The van der Waals surface area contributed by atoms with Gasteiger partial charge in [0.2, 0.25) is 0 Å². The Morgan fingerprint density at radius 2 is 1.73 bits per heavy atom. The molecule has 0 aromatic heterocycles. The van der Waals surface area contributed by atoms with Gasteiger partial charge < -0.3 is 5.73 Å². The molecule has 0 bridgehead atoms. The molecule has 1 rings (SSSR count). The van der Waals surface area contributed by atoms with Gasteiger partial charge in [-0.3, -0.25) is 0 Å². The Bertz CT molecular complexity index is 409. The number of hydrogen-bond donors (Lipinski definition) is 1. The van der Waals surface area contributed by atoms with Crippen LogP contribution >= 0.6 is 0 Å². The van der Waals surface area contributed by atoms with Crippen LogP contribution in [0.4, 0.5) is 0 Å². The Morgan fingerprint density at radius 3 is 2.13 bits per heavy atom. The summed E-state index contributed by atoms with van der Waals surface area (Å²) in [7, 11) is -3.09. The van der Waals surface area contributed by atoms with E-state index in [0.717, 1.165) is 12.0 Å². The van der Waals surface area contributed by atoms with Crippen LogP contribution in [0.15, 0.2) is 29.2 Å². The molecule has 0 aliphatic rings. The molecule has 15 heavy (non-hydrogen) atoms. The fourth-order valence-corrected chi connectivity index (χ4v) is 2.21. The molecular weight excluding hydrogens is 210 g/mol. The predicted octanol–water partition coefficient (Wildman–Crippen LogP) is 1.89. The van der Waals surface area contributed by atoms with Gasteiger partial charge in [-0.2, -0.15) is 0 Å². The Morgan fingerprint density at radius 1 is 1.20 bits per heavy atom.